The fraction of sp³-hybridized carbons (Fsp3) is 0.308. The second kappa shape index (κ2) is 5.41. The van der Waals surface area contributed by atoms with Crippen molar-refractivity contribution in [2.24, 2.45) is 0 Å². The topological polar surface area (TPSA) is 113 Å². The lowest BCUT2D eigenvalue weighted by molar-refractivity contribution is -0.142. The summed E-state index contributed by atoms with van der Waals surface area (Å²) in [4.78, 5) is 36.0. The van der Waals surface area contributed by atoms with Crippen LogP contribution in [-0.4, -0.2) is 59.8 Å². The van der Waals surface area contributed by atoms with Gasteiger partial charge in [-0.1, -0.05) is 0 Å². The highest BCUT2D eigenvalue weighted by Crippen LogP contribution is 2.35. The minimum Gasteiger partial charge on any atom is -0.493 e. The van der Waals surface area contributed by atoms with Crippen molar-refractivity contribution in [2.45, 2.75) is 6.04 Å². The highest BCUT2D eigenvalue weighted by atomic mass is 16.5. The van der Waals surface area contributed by atoms with Gasteiger partial charge in [-0.2, -0.15) is 0 Å². The number of aliphatic hydroxyl groups excluding tert-OH is 1. The van der Waals surface area contributed by atoms with Crippen LogP contribution in [0.25, 0.3) is 0 Å². The van der Waals surface area contributed by atoms with E-state index in [9.17, 15) is 14.4 Å². The van der Waals surface area contributed by atoms with Crippen LogP contribution in [0.4, 0.5) is 0 Å². The van der Waals surface area contributed by atoms with E-state index in [-0.39, 0.29) is 22.6 Å². The fourth-order valence-electron chi connectivity index (χ4n) is 2.14. The van der Waals surface area contributed by atoms with E-state index in [0.717, 1.165) is 0 Å². The molecular formula is C13H13NO7. The third-order valence-corrected chi connectivity index (χ3v) is 3.19. The number of aliphatic carboxylic acids is 1. The van der Waals surface area contributed by atoms with E-state index >= 15 is 0 Å². The van der Waals surface area contributed by atoms with E-state index < -0.39 is 30.4 Å². The summed E-state index contributed by atoms with van der Waals surface area (Å²) >= 11 is 0. The minimum atomic E-state index is -1.63. The number of aliphatic hydroxyl groups is 1. The van der Waals surface area contributed by atoms with E-state index in [1.807, 2.05) is 0 Å². The number of carboxylic acids is 1. The number of carbonyl (C=O) groups is 3. The van der Waals surface area contributed by atoms with Crippen LogP contribution in [0.1, 0.15) is 20.7 Å². The van der Waals surface area contributed by atoms with Gasteiger partial charge in [-0.3, -0.25) is 14.5 Å². The average molecular weight is 295 g/mol. The third-order valence-electron chi connectivity index (χ3n) is 3.19. The van der Waals surface area contributed by atoms with Gasteiger partial charge in [0.1, 0.15) is 0 Å². The van der Waals surface area contributed by atoms with Crippen molar-refractivity contribution in [1.29, 1.82) is 0 Å². The molecule has 0 radical (unpaired) electrons. The molecule has 8 heteroatoms. The number of rotatable bonds is 5. The molecule has 2 rings (SSSR count). The molecule has 0 fully saturated rings. The Kier molecular flexibility index (Phi) is 3.81. The zero-order valence-electron chi connectivity index (χ0n) is 11.3. The standard InChI is InChI=1S/C13H13NO7/c1-20-9-3-6-7(4-10(9)21-2)12(17)14(11(6)16)8(5-15)13(18)19/h3-4,8,15H,5H2,1-2H3,(H,18,19). The molecule has 0 aromatic heterocycles. The number of hydrogen-bond donors (Lipinski definition) is 2. The van der Waals surface area contributed by atoms with Crippen molar-refractivity contribution >= 4 is 17.8 Å². The second-order valence-corrected chi connectivity index (χ2v) is 4.27. The Bertz CT molecular complexity index is 582. The molecule has 0 saturated heterocycles. The van der Waals surface area contributed by atoms with Gasteiger partial charge in [0, 0.05) is 0 Å². The van der Waals surface area contributed by atoms with Gasteiger partial charge in [-0.05, 0) is 12.1 Å². The van der Waals surface area contributed by atoms with Crippen molar-refractivity contribution < 1.29 is 34.1 Å². The molecule has 0 saturated carbocycles. The monoisotopic (exact) mass is 295 g/mol. The number of fused-ring (bicyclic) bond motifs is 1. The van der Waals surface area contributed by atoms with Gasteiger partial charge in [-0.25, -0.2) is 4.79 Å². The Morgan fingerprint density at radius 1 is 1.14 bits per heavy atom. The van der Waals surface area contributed by atoms with Gasteiger partial charge in [0.2, 0.25) is 0 Å². The predicted octanol–water partition coefficient (Wildman–Crippen LogP) is -0.255. The summed E-state index contributed by atoms with van der Waals surface area (Å²) in [6.45, 7) is -0.866. The average Bonchev–Trinajstić information content (AvgIpc) is 2.71. The van der Waals surface area contributed by atoms with E-state index in [2.05, 4.69) is 0 Å². The lowest BCUT2D eigenvalue weighted by atomic mass is 10.1. The number of carboxylic acid groups (broad SMARTS) is 1. The Balaban J connectivity index is 2.54. The summed E-state index contributed by atoms with van der Waals surface area (Å²) in [7, 11) is 2.74. The van der Waals surface area contributed by atoms with Crippen LogP contribution >= 0.6 is 0 Å². The summed E-state index contributed by atoms with van der Waals surface area (Å²) in [5.74, 6) is -2.56. The van der Waals surface area contributed by atoms with Crippen molar-refractivity contribution in [3.05, 3.63) is 23.3 Å². The van der Waals surface area contributed by atoms with E-state index in [1.165, 1.54) is 26.4 Å². The van der Waals surface area contributed by atoms with Crippen molar-refractivity contribution in [3.63, 3.8) is 0 Å². The van der Waals surface area contributed by atoms with Gasteiger partial charge in [-0.15, -0.1) is 0 Å². The lowest BCUT2D eigenvalue weighted by Gasteiger charge is -2.20. The van der Waals surface area contributed by atoms with Gasteiger partial charge >= 0.3 is 5.97 Å². The predicted molar refractivity (Wildman–Crippen MR) is 68.6 cm³/mol. The number of benzene rings is 1. The van der Waals surface area contributed by atoms with Crippen LogP contribution in [0.15, 0.2) is 12.1 Å². The number of ether oxygens (including phenoxy) is 2. The number of carbonyl (C=O) groups excluding carboxylic acids is 2. The molecule has 0 aliphatic carbocycles. The molecule has 1 aliphatic rings. The quantitative estimate of drug-likeness (QED) is 0.720. The summed E-state index contributed by atoms with van der Waals surface area (Å²) in [6, 6.07) is 0.990. The number of hydrogen-bond acceptors (Lipinski definition) is 6. The van der Waals surface area contributed by atoms with Crippen LogP contribution < -0.4 is 9.47 Å². The van der Waals surface area contributed by atoms with Crippen molar-refractivity contribution in [3.8, 4) is 11.5 Å². The maximum absolute atomic E-state index is 12.2. The maximum Gasteiger partial charge on any atom is 0.329 e. The fourth-order valence-corrected chi connectivity index (χ4v) is 2.14. The minimum absolute atomic E-state index is 0.0114. The number of methoxy groups -OCH3 is 2. The van der Waals surface area contributed by atoms with E-state index in [0.29, 0.717) is 4.90 Å². The first kappa shape index (κ1) is 14.8. The normalized spacial score (nSPS) is 14.9. The molecular weight excluding hydrogens is 282 g/mol. The van der Waals surface area contributed by atoms with Gasteiger partial charge in [0.15, 0.2) is 17.5 Å². The molecule has 1 aromatic carbocycles. The zero-order valence-corrected chi connectivity index (χ0v) is 11.3. The van der Waals surface area contributed by atoms with Crippen LogP contribution in [0.3, 0.4) is 0 Å². The second-order valence-electron chi connectivity index (χ2n) is 4.27. The van der Waals surface area contributed by atoms with Gasteiger partial charge in [0.25, 0.3) is 11.8 Å². The highest BCUT2D eigenvalue weighted by molar-refractivity contribution is 6.23. The van der Waals surface area contributed by atoms with E-state index in [4.69, 9.17) is 19.7 Å². The number of imide groups is 1. The zero-order chi connectivity index (χ0) is 15.7. The molecule has 1 heterocycles. The molecule has 8 nitrogen and oxygen atoms in total. The Morgan fingerprint density at radius 3 is 1.86 bits per heavy atom. The Morgan fingerprint density at radius 2 is 1.57 bits per heavy atom. The first-order chi connectivity index (χ1) is 9.96. The van der Waals surface area contributed by atoms with Crippen molar-refractivity contribution in [1.82, 2.24) is 4.90 Å². The number of amides is 2. The van der Waals surface area contributed by atoms with Gasteiger partial charge < -0.3 is 19.7 Å². The van der Waals surface area contributed by atoms with Crippen LogP contribution in [0.5, 0.6) is 11.5 Å². The molecule has 0 bridgehead atoms. The summed E-state index contributed by atoms with van der Waals surface area (Å²) < 4.78 is 10.1. The summed E-state index contributed by atoms with van der Waals surface area (Å²) in [5.41, 5.74) is 0.0229. The molecule has 2 amide bonds. The molecule has 21 heavy (non-hydrogen) atoms. The highest BCUT2D eigenvalue weighted by Gasteiger charge is 2.43. The first-order valence-corrected chi connectivity index (χ1v) is 5.93. The molecule has 1 atom stereocenters. The maximum atomic E-state index is 12.2. The Labute approximate surface area is 119 Å². The van der Waals surface area contributed by atoms with Gasteiger partial charge in [0.05, 0.1) is 32.0 Å². The summed E-state index contributed by atoms with van der Waals surface area (Å²) in [5, 5.41) is 18.1. The lowest BCUT2D eigenvalue weighted by Crippen LogP contribution is -2.47. The van der Waals surface area contributed by atoms with E-state index in [1.54, 1.807) is 0 Å². The van der Waals surface area contributed by atoms with Crippen LogP contribution in [0, 0.1) is 0 Å². The summed E-state index contributed by atoms with van der Waals surface area (Å²) in [6.07, 6.45) is 0. The largest absolute Gasteiger partial charge is 0.493 e. The molecule has 1 aliphatic heterocycles. The first-order valence-electron chi connectivity index (χ1n) is 5.93. The molecule has 1 unspecified atom stereocenters. The molecule has 0 spiro atoms. The Hall–Kier alpha value is -2.61. The molecule has 1 aromatic rings. The molecule has 112 valence electrons. The van der Waals surface area contributed by atoms with Crippen molar-refractivity contribution in [2.75, 3.05) is 20.8 Å². The van der Waals surface area contributed by atoms with Crippen LogP contribution in [0.2, 0.25) is 0 Å². The SMILES string of the molecule is COc1cc2c(cc1OC)C(=O)N(C(CO)C(=O)O)C2=O. The van der Waals surface area contributed by atoms with Crippen LogP contribution in [-0.2, 0) is 4.79 Å². The third kappa shape index (κ3) is 2.19. The molecule has 2 N–H and O–H groups in total. The number of nitrogens with zero attached hydrogens (tertiary/aromatic N) is 1. The smallest absolute Gasteiger partial charge is 0.329 e.